The molecule has 0 aliphatic heterocycles. The van der Waals surface area contributed by atoms with Gasteiger partial charge in [0.2, 0.25) is 17.7 Å². The van der Waals surface area contributed by atoms with Gasteiger partial charge in [-0.3, -0.25) is 4.79 Å². The molecule has 1 fully saturated rings. The lowest BCUT2D eigenvalue weighted by molar-refractivity contribution is -0.129. The van der Waals surface area contributed by atoms with Gasteiger partial charge in [-0.25, -0.2) is 14.6 Å². The molecule has 1 aliphatic carbocycles. The van der Waals surface area contributed by atoms with Crippen LogP contribution in [-0.2, 0) is 4.79 Å². The predicted molar refractivity (Wildman–Crippen MR) is 137 cm³/mol. The first-order valence-electron chi connectivity index (χ1n) is 11.7. The van der Waals surface area contributed by atoms with Crippen LogP contribution in [0.25, 0.3) is 28.2 Å². The first-order valence-corrected chi connectivity index (χ1v) is 12.5. The van der Waals surface area contributed by atoms with E-state index in [4.69, 9.17) is 9.40 Å². The van der Waals surface area contributed by atoms with Crippen molar-refractivity contribution in [1.82, 2.24) is 30.0 Å². The Morgan fingerprint density at radius 1 is 1.39 bits per heavy atom. The summed E-state index contributed by atoms with van der Waals surface area (Å²) in [5, 5.41) is 21.2. The molecule has 3 aromatic heterocycles. The molecule has 0 saturated heterocycles. The van der Waals surface area contributed by atoms with E-state index in [0.717, 1.165) is 35.0 Å². The normalized spacial score (nSPS) is 20.2. The topological polar surface area (TPSA) is 135 Å². The first kappa shape index (κ1) is 23.9. The number of hydrogen-bond acceptors (Lipinski definition) is 8. The van der Waals surface area contributed by atoms with Crippen LogP contribution >= 0.6 is 15.9 Å². The highest BCUT2D eigenvalue weighted by atomic mass is 79.9. The lowest BCUT2D eigenvalue weighted by Gasteiger charge is -2.22. The number of anilines is 1. The summed E-state index contributed by atoms with van der Waals surface area (Å²) in [5.41, 5.74) is 2.50. The van der Waals surface area contributed by atoms with Gasteiger partial charge in [0.15, 0.2) is 5.65 Å². The number of benzene rings is 1. The largest absolute Gasteiger partial charge is 0.445 e. The van der Waals surface area contributed by atoms with Crippen LogP contribution < -0.4 is 10.6 Å². The summed E-state index contributed by atoms with van der Waals surface area (Å²) in [6.07, 6.45) is 7.17. The van der Waals surface area contributed by atoms with Crippen molar-refractivity contribution in [2.75, 3.05) is 12.4 Å². The van der Waals surface area contributed by atoms with E-state index in [9.17, 15) is 10.1 Å². The zero-order chi connectivity index (χ0) is 25.4. The number of amides is 1. The Morgan fingerprint density at radius 3 is 2.94 bits per heavy atom. The maximum absolute atomic E-state index is 12.3. The molecule has 11 heteroatoms. The standard InChI is InChI=1S/C25H25BrN8O2/c1-14(12-27)18-10-16(4-5-17(18)22-29-8-9-36-22)34-21-19(20(26)33-34)13-30-24(32-21)31-15-6-7-25(2,11-15)23(35)28-3/h4-5,8-10,13-15H,6-7,11H2,1-3H3,(H,28,35)(H,30,31,32)/t14-,15-,25-/m1/s1. The highest BCUT2D eigenvalue weighted by Gasteiger charge is 2.41. The predicted octanol–water partition coefficient (Wildman–Crippen LogP) is 4.58. The summed E-state index contributed by atoms with van der Waals surface area (Å²) < 4.78 is 7.83. The molecule has 0 bridgehead atoms. The van der Waals surface area contributed by atoms with Crippen molar-refractivity contribution >= 4 is 38.8 Å². The van der Waals surface area contributed by atoms with Gasteiger partial charge in [0.1, 0.15) is 10.9 Å². The monoisotopic (exact) mass is 548 g/mol. The summed E-state index contributed by atoms with van der Waals surface area (Å²) >= 11 is 3.52. The number of rotatable bonds is 6. The zero-order valence-electron chi connectivity index (χ0n) is 20.1. The van der Waals surface area contributed by atoms with Gasteiger partial charge in [-0.05, 0) is 65.9 Å². The number of aromatic nitrogens is 5. The Kier molecular flexibility index (Phi) is 6.22. The molecular weight excluding hydrogens is 524 g/mol. The molecular formula is C25H25BrN8O2. The second-order valence-corrected chi connectivity index (χ2v) is 10.1. The molecule has 5 rings (SSSR count). The molecule has 1 aliphatic rings. The number of fused-ring (bicyclic) bond motifs is 1. The molecule has 1 aromatic carbocycles. The molecule has 3 heterocycles. The smallest absolute Gasteiger partial charge is 0.226 e. The van der Waals surface area contributed by atoms with E-state index >= 15 is 0 Å². The molecule has 0 radical (unpaired) electrons. The molecule has 184 valence electrons. The number of hydrogen-bond donors (Lipinski definition) is 2. The fourth-order valence-corrected chi connectivity index (χ4v) is 5.27. The molecule has 0 unspecified atom stereocenters. The van der Waals surface area contributed by atoms with Crippen molar-refractivity contribution in [2.24, 2.45) is 5.41 Å². The van der Waals surface area contributed by atoms with Gasteiger partial charge >= 0.3 is 0 Å². The lowest BCUT2D eigenvalue weighted by atomic mass is 9.87. The molecule has 1 amide bonds. The van der Waals surface area contributed by atoms with Crippen molar-refractivity contribution < 1.29 is 9.21 Å². The number of nitrogens with one attached hydrogen (secondary N) is 2. The van der Waals surface area contributed by atoms with Crippen LogP contribution in [0.15, 0.2) is 45.9 Å². The first-order chi connectivity index (χ1) is 17.3. The minimum absolute atomic E-state index is 0.0563. The van der Waals surface area contributed by atoms with E-state index in [-0.39, 0.29) is 17.9 Å². The molecule has 0 spiro atoms. The Balaban J connectivity index is 1.50. The molecule has 3 atom stereocenters. The third kappa shape index (κ3) is 4.22. The number of carbonyl (C=O) groups excluding carboxylic acids is 1. The van der Waals surface area contributed by atoms with Gasteiger partial charge in [-0.15, -0.1) is 0 Å². The van der Waals surface area contributed by atoms with Crippen molar-refractivity contribution in [1.29, 1.82) is 5.26 Å². The SMILES string of the molecule is CNC(=O)[C@]1(C)CC[C@@H](Nc2ncc3c(Br)nn(-c4ccc(-c5ncco5)c([C@H](C)C#N)c4)c3n2)C1. The third-order valence-electron chi connectivity index (χ3n) is 6.83. The minimum atomic E-state index is -0.403. The highest BCUT2D eigenvalue weighted by molar-refractivity contribution is 9.10. The minimum Gasteiger partial charge on any atom is -0.445 e. The Morgan fingerprint density at radius 2 is 2.22 bits per heavy atom. The lowest BCUT2D eigenvalue weighted by Crippen LogP contribution is -2.35. The van der Waals surface area contributed by atoms with Gasteiger partial charge in [0.25, 0.3) is 0 Å². The maximum atomic E-state index is 12.3. The second-order valence-electron chi connectivity index (χ2n) is 9.32. The van der Waals surface area contributed by atoms with Crippen LogP contribution in [0.1, 0.15) is 44.6 Å². The summed E-state index contributed by atoms with van der Waals surface area (Å²) in [7, 11) is 1.67. The number of oxazole rings is 1. The second kappa shape index (κ2) is 9.35. The molecule has 1 saturated carbocycles. The van der Waals surface area contributed by atoms with Gasteiger partial charge in [0.05, 0.1) is 29.3 Å². The number of nitriles is 1. The van der Waals surface area contributed by atoms with E-state index in [1.807, 2.05) is 32.0 Å². The quantitative estimate of drug-likeness (QED) is 0.357. The van der Waals surface area contributed by atoms with E-state index < -0.39 is 5.41 Å². The van der Waals surface area contributed by atoms with Crippen molar-refractivity contribution in [3.63, 3.8) is 0 Å². The number of halogens is 1. The Labute approximate surface area is 216 Å². The van der Waals surface area contributed by atoms with Gasteiger partial charge in [0, 0.05) is 30.3 Å². The number of carbonyl (C=O) groups is 1. The van der Waals surface area contributed by atoms with Crippen molar-refractivity contribution in [3.05, 3.63) is 47.0 Å². The average Bonchev–Trinajstić information content (AvgIpc) is 3.63. The van der Waals surface area contributed by atoms with Crippen LogP contribution in [0, 0.1) is 16.7 Å². The van der Waals surface area contributed by atoms with Gasteiger partial charge in [-0.1, -0.05) is 6.92 Å². The fraction of sp³-hybridized carbons (Fsp3) is 0.360. The summed E-state index contributed by atoms with van der Waals surface area (Å²) in [6, 6.07) is 8.08. The Bertz CT molecular complexity index is 1480. The van der Waals surface area contributed by atoms with Gasteiger partial charge in [-0.2, -0.15) is 15.3 Å². The summed E-state index contributed by atoms with van der Waals surface area (Å²) in [6.45, 7) is 3.83. The van der Waals surface area contributed by atoms with E-state index in [0.29, 0.717) is 28.5 Å². The summed E-state index contributed by atoms with van der Waals surface area (Å²) in [5.74, 6) is 0.602. The van der Waals surface area contributed by atoms with Crippen LogP contribution in [0.5, 0.6) is 0 Å². The van der Waals surface area contributed by atoms with Crippen molar-refractivity contribution in [2.45, 2.75) is 45.1 Å². The molecule has 4 aromatic rings. The van der Waals surface area contributed by atoms with Crippen LogP contribution in [0.3, 0.4) is 0 Å². The number of nitrogens with zero attached hydrogens (tertiary/aromatic N) is 6. The molecule has 10 nitrogen and oxygen atoms in total. The van der Waals surface area contributed by atoms with E-state index in [1.165, 1.54) is 6.26 Å². The van der Waals surface area contributed by atoms with E-state index in [2.05, 4.69) is 47.7 Å². The van der Waals surface area contributed by atoms with E-state index in [1.54, 1.807) is 24.1 Å². The van der Waals surface area contributed by atoms with Crippen LogP contribution in [0.4, 0.5) is 5.95 Å². The summed E-state index contributed by atoms with van der Waals surface area (Å²) in [4.78, 5) is 25.8. The molecule has 36 heavy (non-hydrogen) atoms. The Hall–Kier alpha value is -3.78. The highest BCUT2D eigenvalue weighted by Crippen LogP contribution is 2.39. The van der Waals surface area contributed by atoms with Crippen LogP contribution in [0.2, 0.25) is 0 Å². The maximum Gasteiger partial charge on any atom is 0.226 e. The molecule has 2 N–H and O–H groups in total. The fourth-order valence-electron chi connectivity index (χ4n) is 4.83. The van der Waals surface area contributed by atoms with Crippen LogP contribution in [-0.4, -0.2) is 43.7 Å². The van der Waals surface area contributed by atoms with Crippen molar-refractivity contribution in [3.8, 4) is 23.2 Å². The zero-order valence-corrected chi connectivity index (χ0v) is 21.7. The third-order valence-corrected chi connectivity index (χ3v) is 7.42. The average molecular weight is 549 g/mol. The van der Waals surface area contributed by atoms with Gasteiger partial charge < -0.3 is 15.1 Å².